The minimum Gasteiger partial charge on any atom is -0.388 e. The molecule has 0 saturated heterocycles. The molecule has 2 rings (SSSR count). The van der Waals surface area contributed by atoms with Crippen LogP contribution in [0.3, 0.4) is 0 Å². The highest BCUT2D eigenvalue weighted by Crippen LogP contribution is 2.34. The smallest absolute Gasteiger partial charge is 0.388 e. The summed E-state index contributed by atoms with van der Waals surface area (Å²) in [5, 5.41) is 12.6. The molecule has 8 heteroatoms. The van der Waals surface area contributed by atoms with Gasteiger partial charge in [0.05, 0.1) is 11.2 Å². The van der Waals surface area contributed by atoms with Crippen molar-refractivity contribution in [1.29, 1.82) is 0 Å². The molecule has 0 unspecified atom stereocenters. The fourth-order valence-electron chi connectivity index (χ4n) is 1.88. The number of aromatic nitrogens is 1. The van der Waals surface area contributed by atoms with Crippen molar-refractivity contribution in [3.05, 3.63) is 17.7 Å². The van der Waals surface area contributed by atoms with E-state index in [1.165, 1.54) is 0 Å². The summed E-state index contributed by atoms with van der Waals surface area (Å²) in [5.74, 6) is 5.04. The highest BCUT2D eigenvalue weighted by molar-refractivity contribution is 5.49. The SMILES string of the molecule is NNc1cc(C(F)(F)F)cc(NCC2(O)CCC2)n1. The van der Waals surface area contributed by atoms with E-state index in [1.54, 1.807) is 0 Å². The van der Waals surface area contributed by atoms with Crippen LogP contribution in [0, 0.1) is 0 Å². The Morgan fingerprint density at radius 2 is 1.95 bits per heavy atom. The normalized spacial score (nSPS) is 17.7. The second-order valence-corrected chi connectivity index (χ2v) is 4.70. The third-order valence-electron chi connectivity index (χ3n) is 3.18. The molecular formula is C11H15F3N4O. The number of nitrogens with one attached hydrogen (secondary N) is 2. The molecule has 0 aromatic carbocycles. The average molecular weight is 276 g/mol. The van der Waals surface area contributed by atoms with E-state index in [0.717, 1.165) is 18.6 Å². The van der Waals surface area contributed by atoms with Gasteiger partial charge < -0.3 is 15.8 Å². The number of aliphatic hydroxyl groups is 1. The zero-order valence-corrected chi connectivity index (χ0v) is 10.1. The molecule has 1 heterocycles. The van der Waals surface area contributed by atoms with Gasteiger partial charge in [0.2, 0.25) is 0 Å². The standard InChI is InChI=1S/C11H15F3N4O/c12-11(13,14)7-4-8(17-9(5-7)18-15)16-6-10(19)2-1-3-10/h4-5,19H,1-3,6,15H2,(H2,16,17,18). The average Bonchev–Trinajstić information content (AvgIpc) is 2.32. The summed E-state index contributed by atoms with van der Waals surface area (Å²) in [4.78, 5) is 3.87. The number of hydrogen-bond acceptors (Lipinski definition) is 5. The van der Waals surface area contributed by atoms with Crippen LogP contribution in [0.2, 0.25) is 0 Å². The quantitative estimate of drug-likeness (QED) is 0.497. The molecule has 1 aliphatic carbocycles. The van der Waals surface area contributed by atoms with Crippen molar-refractivity contribution >= 4 is 11.6 Å². The molecule has 0 radical (unpaired) electrons. The van der Waals surface area contributed by atoms with Crippen LogP contribution in [-0.4, -0.2) is 22.2 Å². The number of hydrogen-bond donors (Lipinski definition) is 4. The van der Waals surface area contributed by atoms with Gasteiger partial charge in [0.1, 0.15) is 11.6 Å². The van der Waals surface area contributed by atoms with Crippen LogP contribution in [0.1, 0.15) is 24.8 Å². The summed E-state index contributed by atoms with van der Waals surface area (Å²) in [6, 6.07) is 1.71. The van der Waals surface area contributed by atoms with Gasteiger partial charge in [-0.15, -0.1) is 0 Å². The van der Waals surface area contributed by atoms with Crippen molar-refractivity contribution in [1.82, 2.24) is 4.98 Å². The first kappa shape index (κ1) is 13.9. The zero-order chi connectivity index (χ0) is 14.1. The summed E-state index contributed by atoms with van der Waals surface area (Å²) in [5.41, 5.74) is 0.402. The number of nitrogens with zero attached hydrogens (tertiary/aromatic N) is 1. The lowest BCUT2D eigenvalue weighted by molar-refractivity contribution is -0.137. The summed E-state index contributed by atoms with van der Waals surface area (Å²) < 4.78 is 38.0. The van der Waals surface area contributed by atoms with E-state index in [2.05, 4.69) is 15.7 Å². The van der Waals surface area contributed by atoms with E-state index in [0.29, 0.717) is 12.8 Å². The van der Waals surface area contributed by atoms with Gasteiger partial charge in [-0.1, -0.05) is 0 Å². The third-order valence-corrected chi connectivity index (χ3v) is 3.18. The molecule has 1 aromatic heterocycles. The number of rotatable bonds is 4. The minimum atomic E-state index is -4.47. The maximum absolute atomic E-state index is 12.7. The van der Waals surface area contributed by atoms with Gasteiger partial charge >= 0.3 is 6.18 Å². The van der Waals surface area contributed by atoms with Gasteiger partial charge in [0, 0.05) is 6.54 Å². The fourth-order valence-corrected chi connectivity index (χ4v) is 1.88. The van der Waals surface area contributed by atoms with Gasteiger partial charge in [-0.05, 0) is 31.4 Å². The number of alkyl halides is 3. The lowest BCUT2D eigenvalue weighted by Crippen LogP contribution is -2.43. The Labute approximate surface area is 108 Å². The van der Waals surface area contributed by atoms with E-state index in [4.69, 9.17) is 5.84 Å². The number of nitrogen functional groups attached to an aromatic ring is 1. The van der Waals surface area contributed by atoms with Crippen molar-refractivity contribution in [2.75, 3.05) is 17.3 Å². The number of hydrazine groups is 1. The summed E-state index contributed by atoms with van der Waals surface area (Å²) in [6.45, 7) is 0.172. The van der Waals surface area contributed by atoms with Crippen LogP contribution in [0.25, 0.3) is 0 Å². The van der Waals surface area contributed by atoms with Crippen LogP contribution in [-0.2, 0) is 6.18 Å². The first-order valence-corrected chi connectivity index (χ1v) is 5.85. The molecule has 0 bridgehead atoms. The van der Waals surface area contributed by atoms with Crippen LogP contribution < -0.4 is 16.6 Å². The van der Waals surface area contributed by atoms with Crippen molar-refractivity contribution in [3.8, 4) is 0 Å². The Kier molecular flexibility index (Phi) is 3.55. The second kappa shape index (κ2) is 4.86. The third kappa shape index (κ3) is 3.27. The molecule has 0 aliphatic heterocycles. The maximum atomic E-state index is 12.7. The Bertz CT molecular complexity index is 460. The molecule has 1 saturated carbocycles. The molecule has 1 aliphatic rings. The van der Waals surface area contributed by atoms with E-state index in [9.17, 15) is 18.3 Å². The van der Waals surface area contributed by atoms with Crippen molar-refractivity contribution in [3.63, 3.8) is 0 Å². The summed E-state index contributed by atoms with van der Waals surface area (Å²) in [6.07, 6.45) is -2.27. The van der Waals surface area contributed by atoms with Crippen molar-refractivity contribution in [2.24, 2.45) is 5.84 Å². The topological polar surface area (TPSA) is 83.2 Å². The lowest BCUT2D eigenvalue weighted by atomic mass is 9.80. The second-order valence-electron chi connectivity index (χ2n) is 4.70. The van der Waals surface area contributed by atoms with Gasteiger partial charge in [-0.3, -0.25) is 0 Å². The molecule has 19 heavy (non-hydrogen) atoms. The molecule has 106 valence electrons. The largest absolute Gasteiger partial charge is 0.416 e. The van der Waals surface area contributed by atoms with E-state index < -0.39 is 17.3 Å². The van der Waals surface area contributed by atoms with Gasteiger partial charge in [-0.2, -0.15) is 13.2 Å². The first-order chi connectivity index (χ1) is 8.82. The van der Waals surface area contributed by atoms with E-state index in [-0.39, 0.29) is 18.2 Å². The highest BCUT2D eigenvalue weighted by atomic mass is 19.4. The fraction of sp³-hybridized carbons (Fsp3) is 0.545. The maximum Gasteiger partial charge on any atom is 0.416 e. The Balaban J connectivity index is 2.15. The highest BCUT2D eigenvalue weighted by Gasteiger charge is 2.35. The molecular weight excluding hydrogens is 261 g/mol. The Hall–Kier alpha value is -1.54. The van der Waals surface area contributed by atoms with Crippen LogP contribution in [0.15, 0.2) is 12.1 Å². The number of pyridine rings is 1. The predicted octanol–water partition coefficient (Wildman–Crippen LogP) is 1.71. The monoisotopic (exact) mass is 276 g/mol. The Morgan fingerprint density at radius 1 is 1.32 bits per heavy atom. The predicted molar refractivity (Wildman–Crippen MR) is 64.3 cm³/mol. The molecule has 1 fully saturated rings. The summed E-state index contributed by atoms with van der Waals surface area (Å²) in [7, 11) is 0. The molecule has 0 atom stereocenters. The summed E-state index contributed by atoms with van der Waals surface area (Å²) >= 11 is 0. The van der Waals surface area contributed by atoms with E-state index in [1.807, 2.05) is 0 Å². The van der Waals surface area contributed by atoms with Gasteiger partial charge in [0.15, 0.2) is 0 Å². The van der Waals surface area contributed by atoms with Gasteiger partial charge in [0.25, 0.3) is 0 Å². The van der Waals surface area contributed by atoms with Crippen molar-refractivity contribution < 1.29 is 18.3 Å². The molecule has 0 spiro atoms. The molecule has 1 aromatic rings. The number of anilines is 2. The molecule has 5 N–H and O–H groups in total. The van der Waals surface area contributed by atoms with Crippen LogP contribution in [0.4, 0.5) is 24.8 Å². The lowest BCUT2D eigenvalue weighted by Gasteiger charge is -2.36. The van der Waals surface area contributed by atoms with Gasteiger partial charge in [-0.25, -0.2) is 10.8 Å². The number of nitrogens with two attached hydrogens (primary N) is 1. The van der Waals surface area contributed by atoms with Crippen molar-refractivity contribution in [2.45, 2.75) is 31.0 Å². The Morgan fingerprint density at radius 3 is 2.42 bits per heavy atom. The van der Waals surface area contributed by atoms with Crippen LogP contribution in [0.5, 0.6) is 0 Å². The molecule has 5 nitrogen and oxygen atoms in total. The zero-order valence-electron chi connectivity index (χ0n) is 10.1. The number of halogens is 3. The van der Waals surface area contributed by atoms with E-state index >= 15 is 0 Å². The van der Waals surface area contributed by atoms with Crippen LogP contribution >= 0.6 is 0 Å². The first-order valence-electron chi connectivity index (χ1n) is 5.85. The molecule has 0 amide bonds. The minimum absolute atomic E-state index is 0.0306.